The number of hydrogen-bond donors (Lipinski definition) is 1. The number of fused-ring (bicyclic) bond motifs is 1. The Bertz CT molecular complexity index is 399. The van der Waals surface area contributed by atoms with Crippen molar-refractivity contribution in [2.75, 3.05) is 13.2 Å². The van der Waals surface area contributed by atoms with Crippen LogP contribution in [0.2, 0.25) is 0 Å². The van der Waals surface area contributed by atoms with Crippen LogP contribution in [-0.4, -0.2) is 30.2 Å². The van der Waals surface area contributed by atoms with Crippen LogP contribution in [0.5, 0.6) is 0 Å². The molecule has 1 heterocycles. The molecule has 1 spiro atoms. The van der Waals surface area contributed by atoms with E-state index >= 15 is 0 Å². The summed E-state index contributed by atoms with van der Waals surface area (Å²) in [6.07, 6.45) is 9.59. The third kappa shape index (κ3) is 2.69. The lowest BCUT2D eigenvalue weighted by molar-refractivity contribution is -0.312. The van der Waals surface area contributed by atoms with E-state index in [0.29, 0.717) is 12.3 Å². The summed E-state index contributed by atoms with van der Waals surface area (Å²) in [7, 11) is 0. The molecule has 0 aromatic heterocycles. The van der Waals surface area contributed by atoms with E-state index in [9.17, 15) is 5.11 Å². The van der Waals surface area contributed by atoms with E-state index in [1.165, 1.54) is 25.7 Å². The van der Waals surface area contributed by atoms with Crippen LogP contribution >= 0.6 is 0 Å². The highest BCUT2D eigenvalue weighted by Gasteiger charge is 2.48. The van der Waals surface area contributed by atoms with Crippen LogP contribution in [0.1, 0.15) is 44.9 Å². The van der Waals surface area contributed by atoms with Gasteiger partial charge in [0.25, 0.3) is 0 Å². The maximum Gasteiger partial charge on any atom is 0.170 e. The normalized spacial score (nSPS) is 53.2. The summed E-state index contributed by atoms with van der Waals surface area (Å²) in [4.78, 5) is 0. The third-order valence-corrected chi connectivity index (χ3v) is 6.55. The van der Waals surface area contributed by atoms with Crippen molar-refractivity contribution in [1.29, 1.82) is 0 Å². The average Bonchev–Trinajstić information content (AvgIpc) is 3.27. The van der Waals surface area contributed by atoms with Crippen molar-refractivity contribution in [3.63, 3.8) is 0 Å². The number of aliphatic hydroxyl groups excluding tert-OH is 1. The summed E-state index contributed by atoms with van der Waals surface area (Å²) in [5.74, 6) is 3.15. The molecule has 4 fully saturated rings. The van der Waals surface area contributed by atoms with Gasteiger partial charge in [-0.1, -0.05) is 6.08 Å². The zero-order valence-electron chi connectivity index (χ0n) is 12.9. The standard InChI is InChI=1S/C18H28O3/c1-2-12-5-6-18(9-17(12)19)20-10-16(11-21-18)14-4-3-13-7-15(13)8-14/h2,12-17,19H,1,3-11H2. The van der Waals surface area contributed by atoms with Crippen LogP contribution in [-0.2, 0) is 9.47 Å². The Balaban J connectivity index is 1.33. The number of hydrogen-bond acceptors (Lipinski definition) is 3. The second kappa shape index (κ2) is 5.36. The highest BCUT2D eigenvalue weighted by Crippen LogP contribution is 2.53. The summed E-state index contributed by atoms with van der Waals surface area (Å²) in [6, 6.07) is 0. The molecule has 5 atom stereocenters. The molecule has 3 aliphatic carbocycles. The Morgan fingerprint density at radius 2 is 1.62 bits per heavy atom. The first-order chi connectivity index (χ1) is 10.2. The molecule has 118 valence electrons. The maximum absolute atomic E-state index is 10.2. The molecule has 0 bridgehead atoms. The summed E-state index contributed by atoms with van der Waals surface area (Å²) in [5, 5.41) is 10.2. The van der Waals surface area contributed by atoms with E-state index in [1.54, 1.807) is 0 Å². The average molecular weight is 292 g/mol. The number of ether oxygens (including phenoxy) is 2. The van der Waals surface area contributed by atoms with Gasteiger partial charge in [0, 0.05) is 24.7 Å². The van der Waals surface area contributed by atoms with Crippen LogP contribution in [0, 0.1) is 29.6 Å². The second-order valence-electron chi connectivity index (χ2n) is 7.83. The summed E-state index contributed by atoms with van der Waals surface area (Å²) < 4.78 is 12.3. The Hall–Kier alpha value is -0.380. The monoisotopic (exact) mass is 292 g/mol. The van der Waals surface area contributed by atoms with E-state index < -0.39 is 5.79 Å². The molecule has 4 rings (SSSR count). The molecule has 3 heteroatoms. The molecule has 1 N–H and O–H groups in total. The van der Waals surface area contributed by atoms with Gasteiger partial charge in [0.15, 0.2) is 5.79 Å². The zero-order valence-corrected chi connectivity index (χ0v) is 12.9. The van der Waals surface area contributed by atoms with Gasteiger partial charge in [-0.25, -0.2) is 0 Å². The van der Waals surface area contributed by atoms with E-state index in [2.05, 4.69) is 6.58 Å². The van der Waals surface area contributed by atoms with Gasteiger partial charge in [-0.3, -0.25) is 0 Å². The molecular formula is C18H28O3. The van der Waals surface area contributed by atoms with Crippen LogP contribution < -0.4 is 0 Å². The lowest BCUT2D eigenvalue weighted by Crippen LogP contribution is -2.51. The minimum Gasteiger partial charge on any atom is -0.392 e. The first-order valence-electron chi connectivity index (χ1n) is 8.77. The van der Waals surface area contributed by atoms with Gasteiger partial charge in [-0.05, 0) is 49.9 Å². The van der Waals surface area contributed by atoms with Crippen molar-refractivity contribution in [3.8, 4) is 0 Å². The van der Waals surface area contributed by atoms with Gasteiger partial charge in [-0.2, -0.15) is 0 Å². The van der Waals surface area contributed by atoms with Crippen molar-refractivity contribution in [2.45, 2.75) is 56.8 Å². The van der Waals surface area contributed by atoms with Crippen molar-refractivity contribution >= 4 is 0 Å². The van der Waals surface area contributed by atoms with Crippen LogP contribution in [0.25, 0.3) is 0 Å². The van der Waals surface area contributed by atoms with Crippen molar-refractivity contribution in [2.24, 2.45) is 29.6 Å². The minimum atomic E-state index is -0.508. The summed E-state index contributed by atoms with van der Waals surface area (Å²) in [5.41, 5.74) is 0. The van der Waals surface area contributed by atoms with E-state index in [0.717, 1.165) is 43.8 Å². The van der Waals surface area contributed by atoms with Crippen LogP contribution in [0.15, 0.2) is 12.7 Å². The molecule has 1 aliphatic heterocycles. The molecule has 3 saturated carbocycles. The molecule has 5 unspecified atom stereocenters. The Morgan fingerprint density at radius 1 is 0.952 bits per heavy atom. The highest BCUT2D eigenvalue weighted by atomic mass is 16.7. The van der Waals surface area contributed by atoms with Gasteiger partial charge < -0.3 is 14.6 Å². The molecule has 0 radical (unpaired) electrons. The van der Waals surface area contributed by atoms with Crippen molar-refractivity contribution in [1.82, 2.24) is 0 Å². The topological polar surface area (TPSA) is 38.7 Å². The quantitative estimate of drug-likeness (QED) is 0.795. The molecule has 4 aliphatic rings. The summed E-state index contributed by atoms with van der Waals surface area (Å²) >= 11 is 0. The Labute approximate surface area is 127 Å². The van der Waals surface area contributed by atoms with Gasteiger partial charge in [0.1, 0.15) is 0 Å². The highest BCUT2D eigenvalue weighted by molar-refractivity contribution is 4.97. The SMILES string of the molecule is C=CC1CCC2(CC1O)OCC(C1CCC3CC3C1)CO2. The zero-order chi connectivity index (χ0) is 14.4. The predicted molar refractivity (Wildman–Crippen MR) is 80.6 cm³/mol. The first-order valence-corrected chi connectivity index (χ1v) is 8.77. The van der Waals surface area contributed by atoms with E-state index in [4.69, 9.17) is 9.47 Å². The molecular weight excluding hydrogens is 264 g/mol. The molecule has 0 aromatic rings. The minimum absolute atomic E-state index is 0.200. The van der Waals surface area contributed by atoms with Gasteiger partial charge in [-0.15, -0.1) is 6.58 Å². The molecule has 1 saturated heterocycles. The molecule has 21 heavy (non-hydrogen) atoms. The lowest BCUT2D eigenvalue weighted by Gasteiger charge is -2.47. The molecule has 0 amide bonds. The van der Waals surface area contributed by atoms with Crippen LogP contribution in [0.3, 0.4) is 0 Å². The van der Waals surface area contributed by atoms with Crippen LogP contribution in [0.4, 0.5) is 0 Å². The smallest absolute Gasteiger partial charge is 0.170 e. The van der Waals surface area contributed by atoms with Gasteiger partial charge >= 0.3 is 0 Å². The van der Waals surface area contributed by atoms with E-state index in [1.807, 2.05) is 6.08 Å². The van der Waals surface area contributed by atoms with Gasteiger partial charge in [0.05, 0.1) is 19.3 Å². The Kier molecular flexibility index (Phi) is 3.63. The molecule has 0 aromatic carbocycles. The fourth-order valence-corrected chi connectivity index (χ4v) is 4.88. The summed E-state index contributed by atoms with van der Waals surface area (Å²) in [6.45, 7) is 5.46. The van der Waals surface area contributed by atoms with Gasteiger partial charge in [0.2, 0.25) is 0 Å². The largest absolute Gasteiger partial charge is 0.392 e. The van der Waals surface area contributed by atoms with Crippen molar-refractivity contribution in [3.05, 3.63) is 12.7 Å². The first kappa shape index (κ1) is 14.2. The lowest BCUT2D eigenvalue weighted by atomic mass is 9.79. The number of rotatable bonds is 2. The van der Waals surface area contributed by atoms with Crippen molar-refractivity contribution < 1.29 is 14.6 Å². The number of aliphatic hydroxyl groups is 1. The predicted octanol–water partition coefficient (Wildman–Crippen LogP) is 3.13. The fourth-order valence-electron chi connectivity index (χ4n) is 4.88. The fraction of sp³-hybridized carbons (Fsp3) is 0.889. The second-order valence-corrected chi connectivity index (χ2v) is 7.83. The molecule has 3 nitrogen and oxygen atoms in total. The van der Waals surface area contributed by atoms with E-state index in [-0.39, 0.29) is 12.0 Å². The Morgan fingerprint density at radius 3 is 2.19 bits per heavy atom. The third-order valence-electron chi connectivity index (χ3n) is 6.55. The maximum atomic E-state index is 10.2.